The molecule has 1 spiro atoms. The van der Waals surface area contributed by atoms with Crippen LogP contribution in [0.25, 0.3) is 0 Å². The summed E-state index contributed by atoms with van der Waals surface area (Å²) in [5, 5.41) is 0. The lowest BCUT2D eigenvalue weighted by Gasteiger charge is -2.29. The average molecular weight is 201 g/mol. The molecular weight excluding hydrogens is 190 g/mol. The predicted molar refractivity (Wildman–Crippen MR) is 54.5 cm³/mol. The Morgan fingerprint density at radius 2 is 1.87 bits per heavy atom. The molecule has 0 N–H and O–H groups in total. The van der Waals surface area contributed by atoms with Crippen molar-refractivity contribution in [1.82, 2.24) is 4.90 Å². The number of carbonyl (C=O) groups excluding carboxylic acids is 2. The minimum absolute atomic E-state index is 0.0359. The highest BCUT2D eigenvalue weighted by Gasteiger charge is 2.57. The molecule has 1 heterocycles. The number of rotatable bonds is 0. The summed E-state index contributed by atoms with van der Waals surface area (Å²) in [5.41, 5.74) is 1.26. The summed E-state index contributed by atoms with van der Waals surface area (Å²) in [6.45, 7) is 0. The van der Waals surface area contributed by atoms with E-state index in [1.165, 1.54) is 4.90 Å². The molecular formula is C12H11NO2. The molecule has 3 rings (SSSR count). The first-order valence-corrected chi connectivity index (χ1v) is 5.09. The van der Waals surface area contributed by atoms with Gasteiger partial charge in [-0.1, -0.05) is 18.2 Å². The van der Waals surface area contributed by atoms with Gasteiger partial charge in [0.15, 0.2) is 0 Å². The van der Waals surface area contributed by atoms with Gasteiger partial charge in [-0.15, -0.1) is 0 Å². The zero-order valence-corrected chi connectivity index (χ0v) is 8.49. The highest BCUT2D eigenvalue weighted by molar-refractivity contribution is 6.14. The normalized spacial score (nSPS) is 21.8. The largest absolute Gasteiger partial charge is 0.281 e. The molecule has 0 saturated heterocycles. The van der Waals surface area contributed by atoms with E-state index in [2.05, 4.69) is 0 Å². The van der Waals surface area contributed by atoms with Crippen molar-refractivity contribution in [3.05, 3.63) is 35.4 Å². The number of hydrogen-bond acceptors (Lipinski definition) is 2. The van der Waals surface area contributed by atoms with Crippen LogP contribution in [0.15, 0.2) is 24.3 Å². The second-order valence-electron chi connectivity index (χ2n) is 4.30. The van der Waals surface area contributed by atoms with Crippen LogP contribution < -0.4 is 0 Å². The van der Waals surface area contributed by atoms with Crippen molar-refractivity contribution in [3.63, 3.8) is 0 Å². The van der Waals surface area contributed by atoms with E-state index in [1.54, 1.807) is 13.1 Å². The van der Waals surface area contributed by atoms with Gasteiger partial charge in [-0.3, -0.25) is 14.5 Å². The Morgan fingerprint density at radius 3 is 2.53 bits per heavy atom. The number of hydrogen-bond donors (Lipinski definition) is 0. The summed E-state index contributed by atoms with van der Waals surface area (Å²) in [4.78, 5) is 25.1. The maximum absolute atomic E-state index is 12.0. The second kappa shape index (κ2) is 2.48. The summed E-state index contributed by atoms with van der Waals surface area (Å²) in [6.07, 6.45) is 1.75. The SMILES string of the molecule is CN1C(=O)c2ccccc2C2(CC2)C1=O. The molecule has 3 nitrogen and oxygen atoms in total. The van der Waals surface area contributed by atoms with Crippen LogP contribution in [-0.4, -0.2) is 23.8 Å². The van der Waals surface area contributed by atoms with E-state index < -0.39 is 0 Å². The van der Waals surface area contributed by atoms with Crippen molar-refractivity contribution in [2.45, 2.75) is 18.3 Å². The monoisotopic (exact) mass is 201 g/mol. The highest BCUT2D eigenvalue weighted by atomic mass is 16.2. The van der Waals surface area contributed by atoms with Gasteiger partial charge in [0, 0.05) is 12.6 Å². The van der Waals surface area contributed by atoms with Crippen LogP contribution in [-0.2, 0) is 10.2 Å². The van der Waals surface area contributed by atoms with Crippen molar-refractivity contribution in [3.8, 4) is 0 Å². The molecule has 76 valence electrons. The van der Waals surface area contributed by atoms with Gasteiger partial charge in [0.05, 0.1) is 5.41 Å². The van der Waals surface area contributed by atoms with E-state index in [0.29, 0.717) is 5.56 Å². The standard InChI is InChI=1S/C12H11NO2/c1-13-10(14)8-4-2-3-5-9(8)12(6-7-12)11(13)15/h2-5H,6-7H2,1H3. The van der Waals surface area contributed by atoms with Gasteiger partial charge in [0.2, 0.25) is 5.91 Å². The van der Waals surface area contributed by atoms with Gasteiger partial charge < -0.3 is 0 Å². The lowest BCUT2D eigenvalue weighted by molar-refractivity contribution is -0.130. The quantitative estimate of drug-likeness (QED) is 0.594. The topological polar surface area (TPSA) is 37.4 Å². The minimum atomic E-state index is -0.362. The summed E-state index contributed by atoms with van der Waals surface area (Å²) >= 11 is 0. The molecule has 15 heavy (non-hydrogen) atoms. The molecule has 0 unspecified atom stereocenters. The van der Waals surface area contributed by atoms with Crippen molar-refractivity contribution >= 4 is 11.8 Å². The van der Waals surface area contributed by atoms with Crippen LogP contribution in [0.2, 0.25) is 0 Å². The third-order valence-electron chi connectivity index (χ3n) is 3.44. The van der Waals surface area contributed by atoms with Crippen molar-refractivity contribution in [2.24, 2.45) is 0 Å². The Labute approximate surface area is 87.7 Å². The maximum atomic E-state index is 12.0. The van der Waals surface area contributed by atoms with E-state index in [4.69, 9.17) is 0 Å². The van der Waals surface area contributed by atoms with Crippen LogP contribution in [0, 0.1) is 0 Å². The first kappa shape index (κ1) is 8.65. The van der Waals surface area contributed by atoms with Gasteiger partial charge in [-0.05, 0) is 24.5 Å². The third kappa shape index (κ3) is 0.902. The van der Waals surface area contributed by atoms with Gasteiger partial charge in [-0.25, -0.2) is 0 Å². The van der Waals surface area contributed by atoms with Crippen LogP contribution in [0.3, 0.4) is 0 Å². The summed E-state index contributed by atoms with van der Waals surface area (Å²) < 4.78 is 0. The zero-order chi connectivity index (χ0) is 10.6. The van der Waals surface area contributed by atoms with Gasteiger partial charge >= 0.3 is 0 Å². The Balaban J connectivity index is 2.28. The summed E-state index contributed by atoms with van der Waals surface area (Å²) in [6, 6.07) is 7.45. The Kier molecular flexibility index (Phi) is 1.43. The van der Waals surface area contributed by atoms with Crippen molar-refractivity contribution in [2.75, 3.05) is 7.05 Å². The lowest BCUT2D eigenvalue weighted by Crippen LogP contribution is -2.46. The molecule has 1 saturated carbocycles. The van der Waals surface area contributed by atoms with Crippen LogP contribution in [0.5, 0.6) is 0 Å². The van der Waals surface area contributed by atoms with E-state index in [-0.39, 0.29) is 17.2 Å². The van der Waals surface area contributed by atoms with Crippen molar-refractivity contribution in [1.29, 1.82) is 0 Å². The fraction of sp³-hybridized carbons (Fsp3) is 0.333. The average Bonchev–Trinajstić information content (AvgIpc) is 3.06. The molecule has 2 amide bonds. The zero-order valence-electron chi connectivity index (χ0n) is 8.49. The molecule has 1 aliphatic heterocycles. The van der Waals surface area contributed by atoms with E-state index in [1.807, 2.05) is 18.2 Å². The summed E-state index contributed by atoms with van der Waals surface area (Å²) in [7, 11) is 1.57. The lowest BCUT2D eigenvalue weighted by atomic mass is 9.86. The number of carbonyl (C=O) groups is 2. The maximum Gasteiger partial charge on any atom is 0.260 e. The molecule has 0 atom stereocenters. The van der Waals surface area contributed by atoms with Gasteiger partial charge in [0.1, 0.15) is 0 Å². The number of amides is 2. The molecule has 1 aromatic rings. The van der Waals surface area contributed by atoms with Gasteiger partial charge in [0.25, 0.3) is 5.91 Å². The van der Waals surface area contributed by atoms with Crippen molar-refractivity contribution < 1.29 is 9.59 Å². The number of imide groups is 1. The molecule has 2 aliphatic rings. The smallest absolute Gasteiger partial charge is 0.260 e. The Bertz CT molecular complexity index is 474. The van der Waals surface area contributed by atoms with Crippen LogP contribution in [0.4, 0.5) is 0 Å². The molecule has 0 aromatic heterocycles. The van der Waals surface area contributed by atoms with Crippen LogP contribution >= 0.6 is 0 Å². The fourth-order valence-electron chi connectivity index (χ4n) is 2.40. The molecule has 3 heteroatoms. The summed E-state index contributed by atoms with van der Waals surface area (Å²) in [5.74, 6) is -0.209. The first-order chi connectivity index (χ1) is 7.17. The number of nitrogens with zero attached hydrogens (tertiary/aromatic N) is 1. The van der Waals surface area contributed by atoms with E-state index in [9.17, 15) is 9.59 Å². The molecule has 0 radical (unpaired) electrons. The third-order valence-corrected chi connectivity index (χ3v) is 3.44. The van der Waals surface area contributed by atoms with E-state index >= 15 is 0 Å². The Hall–Kier alpha value is -1.64. The fourth-order valence-corrected chi connectivity index (χ4v) is 2.40. The van der Waals surface area contributed by atoms with E-state index in [0.717, 1.165) is 18.4 Å². The second-order valence-corrected chi connectivity index (χ2v) is 4.30. The molecule has 1 aromatic carbocycles. The predicted octanol–water partition coefficient (Wildman–Crippen LogP) is 1.33. The molecule has 1 fully saturated rings. The number of benzene rings is 1. The minimum Gasteiger partial charge on any atom is -0.281 e. The molecule has 1 aliphatic carbocycles. The van der Waals surface area contributed by atoms with Crippen LogP contribution in [0.1, 0.15) is 28.8 Å². The first-order valence-electron chi connectivity index (χ1n) is 5.09. The number of fused-ring (bicyclic) bond motifs is 2. The number of likely N-dealkylation sites (N-methyl/N-ethyl adjacent to an activating group) is 1. The van der Waals surface area contributed by atoms with Gasteiger partial charge in [-0.2, -0.15) is 0 Å². The Morgan fingerprint density at radius 1 is 1.20 bits per heavy atom. The molecule has 0 bridgehead atoms. The highest BCUT2D eigenvalue weighted by Crippen LogP contribution is 2.52.